The average molecular weight is 247 g/mol. The van der Waals surface area contributed by atoms with E-state index in [4.69, 9.17) is 9.15 Å². The lowest BCUT2D eigenvalue weighted by Crippen LogP contribution is -2.17. The fraction of sp³-hybridized carbons (Fsp3) is 0.286. The highest BCUT2D eigenvalue weighted by Gasteiger charge is 2.11. The van der Waals surface area contributed by atoms with Gasteiger partial charge in [0.05, 0.1) is 19.9 Å². The molecule has 2 N–H and O–H groups in total. The first-order valence-corrected chi connectivity index (χ1v) is 5.83. The molecule has 1 heterocycles. The van der Waals surface area contributed by atoms with E-state index in [1.165, 1.54) is 0 Å². The van der Waals surface area contributed by atoms with E-state index in [-0.39, 0.29) is 11.8 Å². The van der Waals surface area contributed by atoms with Crippen molar-refractivity contribution in [3.63, 3.8) is 0 Å². The van der Waals surface area contributed by atoms with Crippen LogP contribution < -0.4 is 10.1 Å². The molecule has 0 saturated carbocycles. The predicted molar refractivity (Wildman–Crippen MR) is 68.6 cm³/mol. The van der Waals surface area contributed by atoms with Crippen LogP contribution in [0.3, 0.4) is 0 Å². The minimum Gasteiger partial charge on any atom is -0.508 e. The summed E-state index contributed by atoms with van der Waals surface area (Å²) in [5.41, 5.74) is 0.806. The summed E-state index contributed by atoms with van der Waals surface area (Å²) in [5, 5.41) is 13.1. The molecule has 0 aliphatic carbocycles. The lowest BCUT2D eigenvalue weighted by Gasteiger charge is -2.15. The molecular formula is C14H17NO3. The number of ether oxygens (including phenoxy) is 1. The summed E-state index contributed by atoms with van der Waals surface area (Å²) in [6.45, 7) is 2.60. The summed E-state index contributed by atoms with van der Waals surface area (Å²) >= 11 is 0. The van der Waals surface area contributed by atoms with Crippen LogP contribution in [0.5, 0.6) is 11.5 Å². The average Bonchev–Trinajstić information content (AvgIpc) is 2.89. The quantitative estimate of drug-likeness (QED) is 0.853. The highest BCUT2D eigenvalue weighted by atomic mass is 16.5. The third-order valence-electron chi connectivity index (χ3n) is 2.86. The van der Waals surface area contributed by atoms with Gasteiger partial charge in [-0.15, -0.1) is 0 Å². The van der Waals surface area contributed by atoms with E-state index >= 15 is 0 Å². The number of hydrogen-bond acceptors (Lipinski definition) is 4. The summed E-state index contributed by atoms with van der Waals surface area (Å²) in [6, 6.07) is 8.97. The number of phenolic OH excluding ortho intramolecular Hbond substituents is 1. The zero-order valence-electron chi connectivity index (χ0n) is 10.5. The molecule has 0 amide bonds. The third kappa shape index (κ3) is 2.84. The SMILES string of the molecule is COc1ccc(O)c(C(C)NCc2ccco2)c1. The highest BCUT2D eigenvalue weighted by Crippen LogP contribution is 2.28. The molecule has 4 nitrogen and oxygen atoms in total. The van der Waals surface area contributed by atoms with E-state index in [0.29, 0.717) is 6.54 Å². The minimum absolute atomic E-state index is 0.00481. The number of hydrogen-bond donors (Lipinski definition) is 2. The standard InChI is InChI=1S/C14H17NO3/c1-10(15-9-12-4-3-7-18-12)13-8-11(17-2)5-6-14(13)16/h3-8,10,15-16H,9H2,1-2H3. The second-order valence-corrected chi connectivity index (χ2v) is 4.11. The van der Waals surface area contributed by atoms with E-state index in [0.717, 1.165) is 17.1 Å². The summed E-state index contributed by atoms with van der Waals surface area (Å²) in [4.78, 5) is 0. The van der Waals surface area contributed by atoms with Gasteiger partial charge in [-0.2, -0.15) is 0 Å². The van der Waals surface area contributed by atoms with Crippen LogP contribution in [0.4, 0.5) is 0 Å². The van der Waals surface area contributed by atoms with Gasteiger partial charge in [0.2, 0.25) is 0 Å². The Bertz CT molecular complexity index is 494. The van der Waals surface area contributed by atoms with Gasteiger partial charge in [-0.25, -0.2) is 0 Å². The second-order valence-electron chi connectivity index (χ2n) is 4.11. The first-order valence-electron chi connectivity index (χ1n) is 5.83. The lowest BCUT2D eigenvalue weighted by molar-refractivity contribution is 0.405. The molecular weight excluding hydrogens is 230 g/mol. The summed E-state index contributed by atoms with van der Waals surface area (Å²) in [7, 11) is 1.61. The number of aromatic hydroxyl groups is 1. The number of furan rings is 1. The van der Waals surface area contributed by atoms with E-state index in [1.807, 2.05) is 25.1 Å². The minimum atomic E-state index is 0.00481. The second kappa shape index (κ2) is 5.60. The van der Waals surface area contributed by atoms with E-state index in [2.05, 4.69) is 5.32 Å². The molecule has 1 aromatic carbocycles. The normalized spacial score (nSPS) is 12.3. The predicted octanol–water partition coefficient (Wildman–Crippen LogP) is 2.84. The van der Waals surface area contributed by atoms with Crippen LogP contribution in [0.25, 0.3) is 0 Å². The molecule has 0 aliphatic heterocycles. The fourth-order valence-corrected chi connectivity index (χ4v) is 1.78. The van der Waals surface area contributed by atoms with Gasteiger partial charge in [-0.05, 0) is 37.3 Å². The van der Waals surface area contributed by atoms with Gasteiger partial charge in [-0.1, -0.05) is 0 Å². The van der Waals surface area contributed by atoms with Crippen molar-refractivity contribution in [1.29, 1.82) is 0 Å². The third-order valence-corrected chi connectivity index (χ3v) is 2.86. The van der Waals surface area contributed by atoms with Crippen molar-refractivity contribution in [2.24, 2.45) is 0 Å². The fourth-order valence-electron chi connectivity index (χ4n) is 1.78. The van der Waals surface area contributed by atoms with Crippen molar-refractivity contribution in [2.75, 3.05) is 7.11 Å². The first kappa shape index (κ1) is 12.5. The zero-order chi connectivity index (χ0) is 13.0. The molecule has 0 bridgehead atoms. The van der Waals surface area contributed by atoms with E-state index in [1.54, 1.807) is 25.5 Å². The van der Waals surface area contributed by atoms with Crippen molar-refractivity contribution in [3.8, 4) is 11.5 Å². The van der Waals surface area contributed by atoms with Crippen molar-refractivity contribution in [1.82, 2.24) is 5.32 Å². The van der Waals surface area contributed by atoms with Gasteiger partial charge < -0.3 is 19.6 Å². The Balaban J connectivity index is 2.05. The molecule has 1 atom stereocenters. The van der Waals surface area contributed by atoms with Crippen molar-refractivity contribution < 1.29 is 14.3 Å². The van der Waals surface area contributed by atoms with Crippen molar-refractivity contribution >= 4 is 0 Å². The summed E-state index contributed by atoms with van der Waals surface area (Å²) in [6.07, 6.45) is 1.64. The Kier molecular flexibility index (Phi) is 3.89. The Morgan fingerprint density at radius 2 is 2.22 bits per heavy atom. The van der Waals surface area contributed by atoms with Gasteiger partial charge in [0.1, 0.15) is 17.3 Å². The van der Waals surface area contributed by atoms with Crippen LogP contribution in [0.15, 0.2) is 41.0 Å². The number of benzene rings is 1. The Morgan fingerprint density at radius 3 is 2.89 bits per heavy atom. The van der Waals surface area contributed by atoms with Crippen LogP contribution in [-0.2, 0) is 6.54 Å². The monoisotopic (exact) mass is 247 g/mol. The molecule has 96 valence electrons. The van der Waals surface area contributed by atoms with Gasteiger partial charge in [0.25, 0.3) is 0 Å². The molecule has 2 aromatic rings. The number of phenols is 1. The van der Waals surface area contributed by atoms with Gasteiger partial charge in [0.15, 0.2) is 0 Å². The summed E-state index contributed by atoms with van der Waals surface area (Å²) in [5.74, 6) is 1.86. The topological polar surface area (TPSA) is 54.6 Å². The largest absolute Gasteiger partial charge is 0.508 e. The molecule has 0 spiro atoms. The Hall–Kier alpha value is -1.94. The van der Waals surface area contributed by atoms with Crippen LogP contribution in [0.1, 0.15) is 24.3 Å². The lowest BCUT2D eigenvalue weighted by atomic mass is 10.1. The molecule has 0 aliphatic rings. The molecule has 18 heavy (non-hydrogen) atoms. The highest BCUT2D eigenvalue weighted by molar-refractivity contribution is 5.41. The Morgan fingerprint density at radius 1 is 1.39 bits per heavy atom. The maximum atomic E-state index is 9.84. The molecule has 0 saturated heterocycles. The van der Waals surface area contributed by atoms with E-state index in [9.17, 15) is 5.11 Å². The number of rotatable bonds is 5. The number of methoxy groups -OCH3 is 1. The van der Waals surface area contributed by atoms with Crippen LogP contribution in [0, 0.1) is 0 Å². The van der Waals surface area contributed by atoms with Crippen LogP contribution in [-0.4, -0.2) is 12.2 Å². The molecule has 1 aromatic heterocycles. The molecule has 4 heteroatoms. The van der Waals surface area contributed by atoms with Gasteiger partial charge in [-0.3, -0.25) is 0 Å². The summed E-state index contributed by atoms with van der Waals surface area (Å²) < 4.78 is 10.4. The van der Waals surface area contributed by atoms with Crippen LogP contribution >= 0.6 is 0 Å². The van der Waals surface area contributed by atoms with Crippen molar-refractivity contribution in [2.45, 2.75) is 19.5 Å². The maximum absolute atomic E-state index is 9.84. The maximum Gasteiger partial charge on any atom is 0.120 e. The van der Waals surface area contributed by atoms with Crippen molar-refractivity contribution in [3.05, 3.63) is 47.9 Å². The number of nitrogens with one attached hydrogen (secondary N) is 1. The molecule has 0 fully saturated rings. The molecule has 2 rings (SSSR count). The van der Waals surface area contributed by atoms with Gasteiger partial charge >= 0.3 is 0 Å². The van der Waals surface area contributed by atoms with Gasteiger partial charge in [0, 0.05) is 11.6 Å². The van der Waals surface area contributed by atoms with E-state index < -0.39 is 0 Å². The smallest absolute Gasteiger partial charge is 0.120 e. The Labute approximate surface area is 106 Å². The molecule has 0 radical (unpaired) electrons. The zero-order valence-corrected chi connectivity index (χ0v) is 10.5. The molecule has 1 unspecified atom stereocenters. The first-order chi connectivity index (χ1) is 8.70. The van der Waals surface area contributed by atoms with Crippen LogP contribution in [0.2, 0.25) is 0 Å².